The number of carbonyl (C=O) groups is 4. The molecule has 27 heavy (non-hydrogen) atoms. The van der Waals surface area contributed by atoms with Crippen molar-refractivity contribution >= 4 is 23.6 Å². The zero-order chi connectivity index (χ0) is 18.8. The van der Waals surface area contributed by atoms with E-state index in [1.807, 2.05) is 0 Å². The number of fused-ring (bicyclic) bond motifs is 13. The Kier molecular flexibility index (Phi) is 2.96. The normalized spacial score (nSPS) is 57.7. The van der Waals surface area contributed by atoms with Gasteiger partial charge in [0.25, 0.3) is 0 Å². The quantitative estimate of drug-likeness (QED) is 0.271. The lowest BCUT2D eigenvalue weighted by Crippen LogP contribution is -2.43. The fourth-order valence-electron chi connectivity index (χ4n) is 7.00. The van der Waals surface area contributed by atoms with Crippen LogP contribution in [0.15, 0.2) is 0 Å². The van der Waals surface area contributed by atoms with Crippen LogP contribution in [0.2, 0.25) is 0 Å². The van der Waals surface area contributed by atoms with Crippen LogP contribution in [0.5, 0.6) is 0 Å². The first-order chi connectivity index (χ1) is 12.9. The van der Waals surface area contributed by atoms with Gasteiger partial charge in [-0.1, -0.05) is 0 Å². The van der Waals surface area contributed by atoms with Crippen LogP contribution in [-0.4, -0.2) is 58.3 Å². The summed E-state index contributed by atoms with van der Waals surface area (Å²) in [5.74, 6) is -1.36. The van der Waals surface area contributed by atoms with Gasteiger partial charge in [-0.25, -0.2) is 0 Å². The molecular formula is C18H20N2O7. The first-order valence-corrected chi connectivity index (χ1v) is 9.59. The third-order valence-electron chi connectivity index (χ3n) is 8.04. The minimum absolute atomic E-state index is 0.0544. The van der Waals surface area contributed by atoms with Gasteiger partial charge in [-0.2, -0.15) is 0 Å². The molecule has 3 aliphatic heterocycles. The molecule has 0 aromatic heterocycles. The molecule has 0 aromatic carbocycles. The Morgan fingerprint density at radius 1 is 0.630 bits per heavy atom. The van der Waals surface area contributed by atoms with Crippen LogP contribution in [0.1, 0.15) is 12.8 Å². The lowest BCUT2D eigenvalue weighted by molar-refractivity contribution is -0.129. The minimum atomic E-state index is -0.835. The van der Waals surface area contributed by atoms with E-state index in [0.29, 0.717) is 30.5 Å². The van der Waals surface area contributed by atoms with Crippen molar-refractivity contribution in [2.75, 3.05) is 0 Å². The van der Waals surface area contributed by atoms with Crippen LogP contribution in [-0.2, 0) is 23.9 Å². The van der Waals surface area contributed by atoms with Crippen molar-refractivity contribution in [3.8, 4) is 0 Å². The van der Waals surface area contributed by atoms with E-state index in [4.69, 9.17) is 4.74 Å². The predicted octanol–water partition coefficient (Wildman–Crippen LogP) is -2.46. The van der Waals surface area contributed by atoms with E-state index in [1.54, 1.807) is 0 Å². The highest BCUT2D eigenvalue weighted by molar-refractivity contribution is 6.06. The van der Waals surface area contributed by atoms with Crippen LogP contribution in [0.25, 0.3) is 0 Å². The summed E-state index contributed by atoms with van der Waals surface area (Å²) in [7, 11) is 0. The van der Waals surface area contributed by atoms with E-state index in [1.165, 1.54) is 0 Å². The van der Waals surface area contributed by atoms with Crippen molar-refractivity contribution in [2.24, 2.45) is 47.3 Å². The van der Waals surface area contributed by atoms with Gasteiger partial charge in [0.05, 0.1) is 48.1 Å². The number of epoxide rings is 1. The number of hydrogen-bond donors (Lipinski definition) is 4. The molecule has 0 radical (unpaired) electrons. The number of ether oxygens (including phenoxy) is 1. The third-order valence-corrected chi connectivity index (χ3v) is 8.04. The van der Waals surface area contributed by atoms with E-state index in [-0.39, 0.29) is 47.3 Å². The van der Waals surface area contributed by atoms with Crippen molar-refractivity contribution in [3.63, 3.8) is 0 Å². The van der Waals surface area contributed by atoms with Gasteiger partial charge in [0.15, 0.2) is 0 Å². The highest BCUT2D eigenvalue weighted by Crippen LogP contribution is 2.62. The summed E-state index contributed by atoms with van der Waals surface area (Å²) < 4.78 is 5.44. The van der Waals surface area contributed by atoms with Crippen molar-refractivity contribution < 1.29 is 34.1 Å². The van der Waals surface area contributed by atoms with Crippen LogP contribution in [0.3, 0.4) is 0 Å². The molecule has 4 saturated carbocycles. The molecule has 7 fully saturated rings. The zero-order valence-electron chi connectivity index (χ0n) is 14.3. The first-order valence-electron chi connectivity index (χ1n) is 9.59. The smallest absolute Gasteiger partial charge is 0.230 e. The molecule has 7 aliphatic rings. The molecule has 0 spiro atoms. The van der Waals surface area contributed by atoms with Gasteiger partial charge in [-0.3, -0.25) is 29.8 Å². The number of aliphatic hydroxyl groups is 2. The molecule has 4 bridgehead atoms. The van der Waals surface area contributed by atoms with Gasteiger partial charge in [-0.05, 0) is 12.8 Å². The Bertz CT molecular complexity index is 739. The molecule has 144 valence electrons. The van der Waals surface area contributed by atoms with Crippen LogP contribution < -0.4 is 10.6 Å². The third kappa shape index (κ3) is 1.85. The van der Waals surface area contributed by atoms with E-state index in [2.05, 4.69) is 10.6 Å². The SMILES string of the molecule is O=C1NC(=O)[C@H]2[C@H]3C[C@H]([C@@H]4O[C@H]34)[C@@H]12.O=C1NC(=O)[C@H]2[C@H]3C[C@H]([C@H](O)[C@H]3O)[C@@H]12. The van der Waals surface area contributed by atoms with Gasteiger partial charge >= 0.3 is 0 Å². The summed E-state index contributed by atoms with van der Waals surface area (Å²) >= 11 is 0. The number of nitrogens with one attached hydrogen (secondary N) is 2. The molecule has 9 heteroatoms. The van der Waals surface area contributed by atoms with Gasteiger partial charge in [-0.15, -0.1) is 0 Å². The maximum Gasteiger partial charge on any atom is 0.230 e. The summed E-state index contributed by atoms with van der Waals surface area (Å²) in [6.07, 6.45) is 0.572. The maximum absolute atomic E-state index is 11.4. The average Bonchev–Trinajstić information content (AvgIpc) is 3.04. The highest BCUT2D eigenvalue weighted by Gasteiger charge is 2.72. The lowest BCUT2D eigenvalue weighted by atomic mass is 9.78. The zero-order valence-corrected chi connectivity index (χ0v) is 14.3. The first kappa shape index (κ1) is 16.1. The standard InChI is InChI=1S/C9H11NO4.C9H9NO3/c11-6-2-1-3(7(6)12)5-4(2)8(13)10-9(5)14;11-8-4-2-1-3(7-6(2)13-7)5(4)9(12)10-8/h2-7,11-12H,1H2,(H,10,13,14);2-7H,1H2,(H,10,11,12)/t2-,3+,4+,5-,6-,7-;2-,3+,4+,5-,6-,7+/m0./s1. The fourth-order valence-corrected chi connectivity index (χ4v) is 7.00. The molecule has 3 saturated heterocycles. The van der Waals surface area contributed by atoms with E-state index in [9.17, 15) is 29.4 Å². The largest absolute Gasteiger partial charge is 0.390 e. The Balaban J connectivity index is 0.000000109. The molecule has 4 amide bonds. The number of imide groups is 2. The fraction of sp³-hybridized carbons (Fsp3) is 0.778. The number of rotatable bonds is 0. The average molecular weight is 376 g/mol. The number of aliphatic hydroxyl groups excluding tert-OH is 2. The summed E-state index contributed by atoms with van der Waals surface area (Å²) in [6, 6.07) is 0. The second-order valence-electron chi connectivity index (χ2n) is 8.98. The number of hydrogen-bond acceptors (Lipinski definition) is 7. The molecule has 3 heterocycles. The number of amides is 4. The van der Waals surface area contributed by atoms with E-state index < -0.39 is 24.0 Å². The summed E-state index contributed by atoms with van der Waals surface area (Å²) in [5, 5.41) is 23.9. The molecule has 4 N–H and O–H groups in total. The molecular weight excluding hydrogens is 356 g/mol. The van der Waals surface area contributed by atoms with E-state index >= 15 is 0 Å². The second kappa shape index (κ2) is 4.95. The topological polar surface area (TPSA) is 145 Å². The summed E-state index contributed by atoms with van der Waals surface area (Å²) in [6.45, 7) is 0. The Hall–Kier alpha value is -1.84. The maximum atomic E-state index is 11.4. The Labute approximate surface area is 153 Å². The monoisotopic (exact) mass is 376 g/mol. The van der Waals surface area contributed by atoms with Crippen molar-refractivity contribution in [1.29, 1.82) is 0 Å². The van der Waals surface area contributed by atoms with Crippen LogP contribution in [0.4, 0.5) is 0 Å². The molecule has 7 rings (SSSR count). The molecule has 4 aliphatic carbocycles. The van der Waals surface area contributed by atoms with Crippen molar-refractivity contribution in [2.45, 2.75) is 37.3 Å². The van der Waals surface area contributed by atoms with Gasteiger partial charge in [0, 0.05) is 23.7 Å². The number of carbonyl (C=O) groups excluding carboxylic acids is 4. The Morgan fingerprint density at radius 2 is 0.963 bits per heavy atom. The van der Waals surface area contributed by atoms with Gasteiger partial charge in [0.2, 0.25) is 23.6 Å². The lowest BCUT2D eigenvalue weighted by Gasteiger charge is -2.29. The molecule has 12 atom stereocenters. The second-order valence-corrected chi connectivity index (χ2v) is 8.98. The molecule has 0 unspecified atom stereocenters. The van der Waals surface area contributed by atoms with E-state index in [0.717, 1.165) is 6.42 Å². The molecule has 0 aromatic rings. The predicted molar refractivity (Wildman–Crippen MR) is 84.1 cm³/mol. The minimum Gasteiger partial charge on any atom is -0.390 e. The molecule has 9 nitrogen and oxygen atoms in total. The van der Waals surface area contributed by atoms with Crippen molar-refractivity contribution in [1.82, 2.24) is 10.6 Å². The Morgan fingerprint density at radius 3 is 1.37 bits per heavy atom. The summed E-state index contributed by atoms with van der Waals surface area (Å²) in [5.41, 5.74) is 0. The van der Waals surface area contributed by atoms with Gasteiger partial charge in [0.1, 0.15) is 0 Å². The van der Waals surface area contributed by atoms with Crippen molar-refractivity contribution in [3.05, 3.63) is 0 Å². The summed E-state index contributed by atoms with van der Waals surface area (Å²) in [4.78, 5) is 45.6. The highest BCUT2D eigenvalue weighted by atomic mass is 16.6. The van der Waals surface area contributed by atoms with Gasteiger partial charge < -0.3 is 14.9 Å². The van der Waals surface area contributed by atoms with Crippen LogP contribution >= 0.6 is 0 Å². The van der Waals surface area contributed by atoms with Crippen LogP contribution in [0, 0.1) is 47.3 Å².